The normalized spacial score (nSPS) is 17.6. The highest BCUT2D eigenvalue weighted by atomic mass is 16.2. The highest BCUT2D eigenvalue weighted by Gasteiger charge is 2.21. The number of carbonyl (C=O) groups excluding carboxylic acids is 1. The fourth-order valence-electron chi connectivity index (χ4n) is 2.35. The number of nitrogens with one attached hydrogen (secondary N) is 2. The standard InChI is InChI=1S/C15H24N4O/c1-3-12(2)17-15(20)18-13-7-10-19(11-8-13)14-6-4-5-9-16-14/h4-6,9,12-13H,3,7-8,10-11H2,1-2H3,(H2,17,18,20). The Kier molecular flexibility index (Phi) is 5.21. The number of urea groups is 1. The van der Waals surface area contributed by atoms with Gasteiger partial charge in [-0.1, -0.05) is 13.0 Å². The molecular weight excluding hydrogens is 252 g/mol. The highest BCUT2D eigenvalue weighted by molar-refractivity contribution is 5.74. The molecular formula is C15H24N4O. The number of hydrogen-bond acceptors (Lipinski definition) is 3. The summed E-state index contributed by atoms with van der Waals surface area (Å²) in [5.41, 5.74) is 0. The lowest BCUT2D eigenvalue weighted by molar-refractivity contribution is 0.231. The van der Waals surface area contributed by atoms with Crippen LogP contribution in [0.15, 0.2) is 24.4 Å². The first-order valence-corrected chi connectivity index (χ1v) is 7.42. The molecule has 2 heterocycles. The van der Waals surface area contributed by atoms with Crippen molar-refractivity contribution in [2.24, 2.45) is 0 Å². The first-order chi connectivity index (χ1) is 9.69. The van der Waals surface area contributed by atoms with Gasteiger partial charge in [-0.2, -0.15) is 0 Å². The summed E-state index contributed by atoms with van der Waals surface area (Å²) in [4.78, 5) is 18.4. The molecule has 0 radical (unpaired) electrons. The van der Waals surface area contributed by atoms with Crippen LogP contribution >= 0.6 is 0 Å². The van der Waals surface area contributed by atoms with E-state index < -0.39 is 0 Å². The van der Waals surface area contributed by atoms with Crippen molar-refractivity contribution in [2.45, 2.75) is 45.2 Å². The van der Waals surface area contributed by atoms with Gasteiger partial charge in [0.1, 0.15) is 5.82 Å². The molecule has 1 unspecified atom stereocenters. The van der Waals surface area contributed by atoms with Crippen molar-refractivity contribution in [1.82, 2.24) is 15.6 Å². The monoisotopic (exact) mass is 276 g/mol. The zero-order chi connectivity index (χ0) is 14.4. The van der Waals surface area contributed by atoms with Crippen molar-refractivity contribution in [2.75, 3.05) is 18.0 Å². The summed E-state index contributed by atoms with van der Waals surface area (Å²) in [7, 11) is 0. The summed E-state index contributed by atoms with van der Waals surface area (Å²) in [5.74, 6) is 1.02. The number of piperidine rings is 1. The van der Waals surface area contributed by atoms with Crippen LogP contribution in [0.2, 0.25) is 0 Å². The topological polar surface area (TPSA) is 57.3 Å². The summed E-state index contributed by atoms with van der Waals surface area (Å²) in [6.45, 7) is 5.95. The Morgan fingerprint density at radius 1 is 1.45 bits per heavy atom. The molecule has 1 aliphatic rings. The van der Waals surface area contributed by atoms with Crippen molar-refractivity contribution >= 4 is 11.8 Å². The molecule has 1 atom stereocenters. The van der Waals surface area contributed by atoms with Gasteiger partial charge in [-0.3, -0.25) is 0 Å². The van der Waals surface area contributed by atoms with E-state index in [1.165, 1.54) is 0 Å². The van der Waals surface area contributed by atoms with Gasteiger partial charge in [0.2, 0.25) is 0 Å². The van der Waals surface area contributed by atoms with Gasteiger partial charge in [0, 0.05) is 31.4 Å². The van der Waals surface area contributed by atoms with Crippen LogP contribution in [0.1, 0.15) is 33.1 Å². The molecule has 2 rings (SSSR count). The van der Waals surface area contributed by atoms with Crippen LogP contribution < -0.4 is 15.5 Å². The second-order valence-electron chi connectivity index (χ2n) is 5.38. The molecule has 0 spiro atoms. The highest BCUT2D eigenvalue weighted by Crippen LogP contribution is 2.17. The van der Waals surface area contributed by atoms with Gasteiger partial charge in [-0.25, -0.2) is 9.78 Å². The minimum Gasteiger partial charge on any atom is -0.356 e. The molecule has 2 N–H and O–H groups in total. The van der Waals surface area contributed by atoms with E-state index in [1.807, 2.05) is 31.3 Å². The number of anilines is 1. The van der Waals surface area contributed by atoms with Gasteiger partial charge in [-0.05, 0) is 38.3 Å². The van der Waals surface area contributed by atoms with Crippen molar-refractivity contribution in [3.8, 4) is 0 Å². The molecule has 0 bridgehead atoms. The van der Waals surface area contributed by atoms with Crippen LogP contribution in [0.25, 0.3) is 0 Å². The van der Waals surface area contributed by atoms with Crippen molar-refractivity contribution in [3.63, 3.8) is 0 Å². The molecule has 1 saturated heterocycles. The summed E-state index contributed by atoms with van der Waals surface area (Å²) in [6, 6.07) is 6.41. The number of amides is 2. The minimum atomic E-state index is -0.0457. The maximum Gasteiger partial charge on any atom is 0.315 e. The average Bonchev–Trinajstić information content (AvgIpc) is 2.48. The molecule has 1 aromatic rings. The third kappa shape index (κ3) is 4.11. The molecule has 5 nitrogen and oxygen atoms in total. The fraction of sp³-hybridized carbons (Fsp3) is 0.600. The summed E-state index contributed by atoms with van der Waals surface area (Å²) < 4.78 is 0. The molecule has 2 amide bonds. The molecule has 1 fully saturated rings. The van der Waals surface area contributed by atoms with E-state index in [0.717, 1.165) is 38.2 Å². The van der Waals surface area contributed by atoms with Gasteiger partial charge in [0.25, 0.3) is 0 Å². The Morgan fingerprint density at radius 3 is 2.80 bits per heavy atom. The van der Waals surface area contributed by atoms with E-state index in [4.69, 9.17) is 0 Å². The SMILES string of the molecule is CCC(C)NC(=O)NC1CCN(c2ccccn2)CC1. The first-order valence-electron chi connectivity index (χ1n) is 7.42. The lowest BCUT2D eigenvalue weighted by Gasteiger charge is -2.33. The average molecular weight is 276 g/mol. The van der Waals surface area contributed by atoms with E-state index in [-0.39, 0.29) is 18.1 Å². The van der Waals surface area contributed by atoms with E-state index in [1.54, 1.807) is 0 Å². The summed E-state index contributed by atoms with van der Waals surface area (Å²) in [5, 5.41) is 6.00. The van der Waals surface area contributed by atoms with Gasteiger partial charge >= 0.3 is 6.03 Å². The largest absolute Gasteiger partial charge is 0.356 e. The van der Waals surface area contributed by atoms with E-state index in [9.17, 15) is 4.79 Å². The molecule has 110 valence electrons. The van der Waals surface area contributed by atoms with E-state index >= 15 is 0 Å². The number of pyridine rings is 1. The third-order valence-electron chi connectivity index (χ3n) is 3.79. The molecule has 0 aromatic carbocycles. The first kappa shape index (κ1) is 14.6. The number of hydrogen-bond donors (Lipinski definition) is 2. The zero-order valence-electron chi connectivity index (χ0n) is 12.3. The zero-order valence-corrected chi connectivity index (χ0v) is 12.3. The number of rotatable bonds is 4. The Hall–Kier alpha value is -1.78. The van der Waals surface area contributed by atoms with Crippen LogP contribution in [-0.2, 0) is 0 Å². The summed E-state index contributed by atoms with van der Waals surface area (Å²) >= 11 is 0. The maximum absolute atomic E-state index is 11.8. The van der Waals surface area contributed by atoms with E-state index in [0.29, 0.717) is 0 Å². The van der Waals surface area contributed by atoms with Gasteiger partial charge < -0.3 is 15.5 Å². The van der Waals surface area contributed by atoms with Crippen LogP contribution in [0.5, 0.6) is 0 Å². The molecule has 0 saturated carbocycles. The van der Waals surface area contributed by atoms with Gasteiger partial charge in [0.05, 0.1) is 0 Å². The Balaban J connectivity index is 1.76. The van der Waals surface area contributed by atoms with Crippen LogP contribution in [0, 0.1) is 0 Å². The van der Waals surface area contributed by atoms with Crippen molar-refractivity contribution < 1.29 is 4.79 Å². The third-order valence-corrected chi connectivity index (χ3v) is 3.79. The van der Waals surface area contributed by atoms with Crippen LogP contribution in [-0.4, -0.2) is 36.2 Å². The molecule has 0 aliphatic carbocycles. The lowest BCUT2D eigenvalue weighted by atomic mass is 10.1. The Bertz CT molecular complexity index is 415. The van der Waals surface area contributed by atoms with Crippen LogP contribution in [0.4, 0.5) is 10.6 Å². The molecule has 1 aliphatic heterocycles. The molecule has 20 heavy (non-hydrogen) atoms. The summed E-state index contributed by atoms with van der Waals surface area (Å²) in [6.07, 6.45) is 4.69. The molecule has 1 aromatic heterocycles. The van der Waals surface area contributed by atoms with Gasteiger partial charge in [0.15, 0.2) is 0 Å². The van der Waals surface area contributed by atoms with E-state index in [2.05, 4.69) is 27.4 Å². The Morgan fingerprint density at radius 2 is 2.20 bits per heavy atom. The smallest absolute Gasteiger partial charge is 0.315 e. The van der Waals surface area contributed by atoms with Crippen molar-refractivity contribution in [3.05, 3.63) is 24.4 Å². The fourth-order valence-corrected chi connectivity index (χ4v) is 2.35. The maximum atomic E-state index is 11.8. The second kappa shape index (κ2) is 7.12. The quantitative estimate of drug-likeness (QED) is 0.886. The number of aromatic nitrogens is 1. The van der Waals surface area contributed by atoms with Crippen molar-refractivity contribution in [1.29, 1.82) is 0 Å². The van der Waals surface area contributed by atoms with Gasteiger partial charge in [-0.15, -0.1) is 0 Å². The second-order valence-corrected chi connectivity index (χ2v) is 5.38. The Labute approximate surface area is 120 Å². The minimum absolute atomic E-state index is 0.0457. The number of carbonyl (C=O) groups is 1. The predicted molar refractivity (Wildman–Crippen MR) is 80.9 cm³/mol. The molecule has 5 heteroatoms. The number of nitrogens with zero attached hydrogens (tertiary/aromatic N) is 2. The lowest BCUT2D eigenvalue weighted by Crippen LogP contribution is -2.49. The predicted octanol–water partition coefficient (Wildman–Crippen LogP) is 2.15. The van der Waals surface area contributed by atoms with Crippen LogP contribution in [0.3, 0.4) is 0 Å².